The Morgan fingerprint density at radius 1 is 1.00 bits per heavy atom. The van der Waals surface area contributed by atoms with Gasteiger partial charge in [-0.1, -0.05) is 24.3 Å². The van der Waals surface area contributed by atoms with Gasteiger partial charge in [-0.05, 0) is 50.1 Å². The van der Waals surface area contributed by atoms with Crippen molar-refractivity contribution in [3.8, 4) is 11.5 Å². The molecule has 94 valence electrons. The number of hydrogen-bond acceptors (Lipinski definition) is 2. The lowest BCUT2D eigenvalue weighted by atomic mass is 10.1. The van der Waals surface area contributed by atoms with Crippen LogP contribution < -0.4 is 10.5 Å². The fourth-order valence-corrected chi connectivity index (χ4v) is 1.85. The van der Waals surface area contributed by atoms with E-state index >= 15 is 0 Å². The first kappa shape index (κ1) is 12.7. The van der Waals surface area contributed by atoms with E-state index in [1.807, 2.05) is 43.3 Å². The number of para-hydroxylation sites is 1. The van der Waals surface area contributed by atoms with Gasteiger partial charge in [-0.3, -0.25) is 0 Å². The van der Waals surface area contributed by atoms with E-state index in [0.29, 0.717) is 0 Å². The van der Waals surface area contributed by atoms with Gasteiger partial charge in [0.05, 0.1) is 0 Å². The maximum absolute atomic E-state index is 5.94. The van der Waals surface area contributed by atoms with Crippen molar-refractivity contribution < 1.29 is 4.74 Å². The van der Waals surface area contributed by atoms with Gasteiger partial charge < -0.3 is 10.5 Å². The first-order valence-electron chi connectivity index (χ1n) is 6.17. The molecule has 2 aromatic rings. The van der Waals surface area contributed by atoms with Gasteiger partial charge >= 0.3 is 0 Å². The number of hydrogen-bond donors (Lipinski definition) is 1. The van der Waals surface area contributed by atoms with Gasteiger partial charge in [-0.2, -0.15) is 0 Å². The van der Waals surface area contributed by atoms with E-state index in [-0.39, 0.29) is 6.04 Å². The molecule has 0 heterocycles. The molecule has 0 amide bonds. The molecule has 2 heteroatoms. The van der Waals surface area contributed by atoms with Crippen LogP contribution in [0.15, 0.2) is 42.5 Å². The highest BCUT2D eigenvalue weighted by Crippen LogP contribution is 2.29. The minimum atomic E-state index is -0.0345. The lowest BCUT2D eigenvalue weighted by molar-refractivity contribution is 0.471. The van der Waals surface area contributed by atoms with Gasteiger partial charge in [0.1, 0.15) is 11.5 Å². The number of ether oxygens (including phenoxy) is 1. The molecule has 0 bridgehead atoms. The van der Waals surface area contributed by atoms with E-state index in [9.17, 15) is 0 Å². The number of rotatable bonds is 3. The first-order chi connectivity index (χ1) is 8.58. The number of nitrogens with two attached hydrogens (primary N) is 1. The highest BCUT2D eigenvalue weighted by Gasteiger charge is 2.08. The number of benzene rings is 2. The minimum absolute atomic E-state index is 0.0345. The molecule has 0 aliphatic rings. The summed E-state index contributed by atoms with van der Waals surface area (Å²) in [5.74, 6) is 1.68. The standard InChI is InChI=1S/C16H19NO/c1-11-8-9-14(10-12(11)2)18-16-7-5-4-6-15(16)13(3)17/h4-10,13H,17H2,1-3H3. The van der Waals surface area contributed by atoms with Crippen LogP contribution in [0.5, 0.6) is 11.5 Å². The van der Waals surface area contributed by atoms with Crippen LogP contribution in [0, 0.1) is 13.8 Å². The zero-order valence-corrected chi connectivity index (χ0v) is 11.1. The van der Waals surface area contributed by atoms with Crippen LogP contribution in [0.3, 0.4) is 0 Å². The van der Waals surface area contributed by atoms with E-state index in [1.54, 1.807) is 0 Å². The summed E-state index contributed by atoms with van der Waals surface area (Å²) in [5, 5.41) is 0. The van der Waals surface area contributed by atoms with Crippen molar-refractivity contribution in [1.29, 1.82) is 0 Å². The van der Waals surface area contributed by atoms with Gasteiger partial charge in [-0.15, -0.1) is 0 Å². The molecule has 0 fully saturated rings. The van der Waals surface area contributed by atoms with Gasteiger partial charge in [0.15, 0.2) is 0 Å². The Labute approximate surface area is 108 Å². The fraction of sp³-hybridized carbons (Fsp3) is 0.250. The molecule has 0 spiro atoms. The van der Waals surface area contributed by atoms with Crippen molar-refractivity contribution in [2.24, 2.45) is 5.73 Å². The predicted octanol–water partition coefficient (Wildman–Crippen LogP) is 4.12. The zero-order chi connectivity index (χ0) is 13.1. The summed E-state index contributed by atoms with van der Waals surface area (Å²) < 4.78 is 5.93. The third-order valence-corrected chi connectivity index (χ3v) is 3.12. The van der Waals surface area contributed by atoms with Gasteiger partial charge in [0.25, 0.3) is 0 Å². The lowest BCUT2D eigenvalue weighted by Crippen LogP contribution is -2.06. The van der Waals surface area contributed by atoms with Gasteiger partial charge in [-0.25, -0.2) is 0 Å². The van der Waals surface area contributed by atoms with Crippen molar-refractivity contribution in [3.05, 3.63) is 59.2 Å². The average Bonchev–Trinajstić information content (AvgIpc) is 2.34. The molecule has 0 saturated heterocycles. The van der Waals surface area contributed by atoms with E-state index in [4.69, 9.17) is 10.5 Å². The van der Waals surface area contributed by atoms with Crippen LogP contribution in [0.1, 0.15) is 29.7 Å². The molecule has 0 saturated carbocycles. The van der Waals surface area contributed by atoms with Crippen LogP contribution in [-0.2, 0) is 0 Å². The van der Waals surface area contributed by atoms with Crippen LogP contribution in [0.2, 0.25) is 0 Å². The first-order valence-corrected chi connectivity index (χ1v) is 6.17. The molecule has 2 nitrogen and oxygen atoms in total. The summed E-state index contributed by atoms with van der Waals surface area (Å²) >= 11 is 0. The monoisotopic (exact) mass is 241 g/mol. The molecule has 0 aliphatic carbocycles. The van der Waals surface area contributed by atoms with Crippen molar-refractivity contribution >= 4 is 0 Å². The molecular formula is C16H19NO. The highest BCUT2D eigenvalue weighted by atomic mass is 16.5. The highest BCUT2D eigenvalue weighted by molar-refractivity contribution is 5.41. The summed E-state index contributed by atoms with van der Waals surface area (Å²) in [6.07, 6.45) is 0. The van der Waals surface area contributed by atoms with Crippen LogP contribution in [0.4, 0.5) is 0 Å². The van der Waals surface area contributed by atoms with Crippen molar-refractivity contribution in [2.75, 3.05) is 0 Å². The molecule has 1 atom stereocenters. The summed E-state index contributed by atoms with van der Waals surface area (Å²) in [5.41, 5.74) is 9.46. The SMILES string of the molecule is Cc1ccc(Oc2ccccc2C(C)N)cc1C. The zero-order valence-electron chi connectivity index (χ0n) is 11.1. The molecule has 0 aromatic heterocycles. The third kappa shape index (κ3) is 2.71. The maximum Gasteiger partial charge on any atom is 0.132 e. The summed E-state index contributed by atoms with van der Waals surface area (Å²) in [7, 11) is 0. The fourth-order valence-electron chi connectivity index (χ4n) is 1.85. The summed E-state index contributed by atoms with van der Waals surface area (Å²) in [6.45, 7) is 6.14. The van der Waals surface area contributed by atoms with Crippen molar-refractivity contribution in [1.82, 2.24) is 0 Å². The van der Waals surface area contributed by atoms with Crippen LogP contribution in [0.25, 0.3) is 0 Å². The smallest absolute Gasteiger partial charge is 0.132 e. The van der Waals surface area contributed by atoms with Gasteiger partial charge in [0.2, 0.25) is 0 Å². The van der Waals surface area contributed by atoms with E-state index in [2.05, 4.69) is 19.9 Å². The lowest BCUT2D eigenvalue weighted by Gasteiger charge is -2.14. The molecule has 18 heavy (non-hydrogen) atoms. The molecule has 2 N–H and O–H groups in total. The topological polar surface area (TPSA) is 35.2 Å². The Hall–Kier alpha value is -1.80. The second kappa shape index (κ2) is 5.23. The van der Waals surface area contributed by atoms with Crippen LogP contribution in [-0.4, -0.2) is 0 Å². The van der Waals surface area contributed by atoms with E-state index < -0.39 is 0 Å². The average molecular weight is 241 g/mol. The van der Waals surface area contributed by atoms with E-state index in [1.165, 1.54) is 11.1 Å². The normalized spacial score (nSPS) is 12.2. The predicted molar refractivity (Wildman–Crippen MR) is 75.0 cm³/mol. The molecular weight excluding hydrogens is 222 g/mol. The number of aryl methyl sites for hydroxylation is 2. The third-order valence-electron chi connectivity index (χ3n) is 3.12. The molecule has 1 unspecified atom stereocenters. The quantitative estimate of drug-likeness (QED) is 0.877. The van der Waals surface area contributed by atoms with Crippen molar-refractivity contribution in [2.45, 2.75) is 26.8 Å². The Kier molecular flexibility index (Phi) is 3.68. The maximum atomic E-state index is 5.94. The Bertz CT molecular complexity index is 547. The molecule has 2 rings (SSSR count). The Morgan fingerprint density at radius 2 is 1.72 bits per heavy atom. The molecule has 0 radical (unpaired) electrons. The second-order valence-corrected chi connectivity index (χ2v) is 4.67. The van der Waals surface area contributed by atoms with Gasteiger partial charge in [0, 0.05) is 11.6 Å². The molecule has 2 aromatic carbocycles. The van der Waals surface area contributed by atoms with E-state index in [0.717, 1.165) is 17.1 Å². The Balaban J connectivity index is 2.31. The Morgan fingerprint density at radius 3 is 2.39 bits per heavy atom. The summed E-state index contributed by atoms with van der Waals surface area (Å²) in [4.78, 5) is 0. The minimum Gasteiger partial charge on any atom is -0.457 e. The van der Waals surface area contributed by atoms with Crippen LogP contribution >= 0.6 is 0 Å². The second-order valence-electron chi connectivity index (χ2n) is 4.67. The van der Waals surface area contributed by atoms with Crippen molar-refractivity contribution in [3.63, 3.8) is 0 Å². The largest absolute Gasteiger partial charge is 0.457 e. The summed E-state index contributed by atoms with van der Waals surface area (Å²) in [6, 6.07) is 14.0. The molecule has 0 aliphatic heterocycles.